The first kappa shape index (κ1) is 16.2. The number of aromatic nitrogens is 1. The molecule has 0 atom stereocenters. The molecule has 2 N–H and O–H groups in total. The van der Waals surface area contributed by atoms with Gasteiger partial charge in [-0.2, -0.15) is 0 Å². The molecule has 0 radical (unpaired) electrons. The van der Waals surface area contributed by atoms with E-state index in [1.54, 1.807) is 12.3 Å². The summed E-state index contributed by atoms with van der Waals surface area (Å²) in [6.45, 7) is 5.96. The third-order valence-electron chi connectivity index (χ3n) is 2.30. The van der Waals surface area contributed by atoms with Gasteiger partial charge in [-0.15, -0.1) is 0 Å². The number of pyridine rings is 1. The maximum absolute atomic E-state index is 11.4. The fourth-order valence-corrected chi connectivity index (χ4v) is 1.42. The molecule has 0 aliphatic rings. The van der Waals surface area contributed by atoms with Gasteiger partial charge in [-0.25, -0.2) is 4.79 Å². The Balaban J connectivity index is 2.26. The summed E-state index contributed by atoms with van der Waals surface area (Å²) in [6.07, 6.45) is 5.88. The molecule has 0 unspecified atom stereocenters. The lowest BCUT2D eigenvalue weighted by molar-refractivity contribution is 0.0529. The maximum atomic E-state index is 11.4. The number of carbonyl (C=O) groups is 1. The average Bonchev–Trinajstić information content (AvgIpc) is 2.37. The molecule has 5 nitrogen and oxygen atoms in total. The van der Waals surface area contributed by atoms with Crippen molar-refractivity contribution in [2.24, 2.45) is 0 Å². The lowest BCUT2D eigenvalue weighted by atomic mass is 10.2. The third kappa shape index (κ3) is 6.89. The summed E-state index contributed by atoms with van der Waals surface area (Å²) in [5.41, 5.74) is 1.13. The van der Waals surface area contributed by atoms with Gasteiger partial charge >= 0.3 is 6.09 Å². The van der Waals surface area contributed by atoms with E-state index in [0.29, 0.717) is 18.7 Å². The number of hydrogen-bond donors (Lipinski definition) is 2. The number of amides is 1. The van der Waals surface area contributed by atoms with Crippen molar-refractivity contribution in [3.63, 3.8) is 0 Å². The normalized spacial score (nSPS) is 11.6. The van der Waals surface area contributed by atoms with E-state index < -0.39 is 11.7 Å². The first-order chi connectivity index (χ1) is 9.40. The molecule has 5 heteroatoms. The van der Waals surface area contributed by atoms with Gasteiger partial charge in [0.15, 0.2) is 0 Å². The third-order valence-corrected chi connectivity index (χ3v) is 2.30. The first-order valence-corrected chi connectivity index (χ1v) is 6.60. The van der Waals surface area contributed by atoms with Crippen LogP contribution in [0.5, 0.6) is 0 Å². The molecule has 0 fully saturated rings. The summed E-state index contributed by atoms with van der Waals surface area (Å²) in [5.74, 6) is 0. The number of nitrogens with one attached hydrogen (secondary N) is 1. The molecule has 0 aromatic carbocycles. The number of carbonyl (C=O) groups excluding carboxylic acids is 1. The summed E-state index contributed by atoms with van der Waals surface area (Å²) in [7, 11) is 0. The van der Waals surface area contributed by atoms with Crippen molar-refractivity contribution in [2.45, 2.75) is 39.4 Å². The van der Waals surface area contributed by atoms with Crippen LogP contribution in [0.4, 0.5) is 4.79 Å². The van der Waals surface area contributed by atoms with E-state index in [1.807, 2.05) is 39.0 Å². The molecule has 0 bridgehead atoms. The molecule has 110 valence electrons. The van der Waals surface area contributed by atoms with Crippen LogP contribution >= 0.6 is 0 Å². The monoisotopic (exact) mass is 278 g/mol. The fraction of sp³-hybridized carbons (Fsp3) is 0.467. The summed E-state index contributed by atoms with van der Waals surface area (Å²) in [4.78, 5) is 15.4. The molecule has 1 aromatic rings. The van der Waals surface area contributed by atoms with E-state index in [2.05, 4.69) is 10.3 Å². The lowest BCUT2D eigenvalue weighted by Gasteiger charge is -2.19. The number of nitrogens with zero attached hydrogens (tertiary/aromatic N) is 1. The van der Waals surface area contributed by atoms with Gasteiger partial charge in [0.2, 0.25) is 0 Å². The van der Waals surface area contributed by atoms with Crippen LogP contribution < -0.4 is 5.32 Å². The van der Waals surface area contributed by atoms with Crippen LogP contribution in [0.1, 0.15) is 38.4 Å². The zero-order valence-corrected chi connectivity index (χ0v) is 12.2. The van der Waals surface area contributed by atoms with Crippen molar-refractivity contribution in [1.82, 2.24) is 10.3 Å². The van der Waals surface area contributed by atoms with E-state index >= 15 is 0 Å². The van der Waals surface area contributed by atoms with Gasteiger partial charge in [0.05, 0.1) is 12.3 Å². The molecule has 1 aromatic heterocycles. The predicted octanol–water partition coefficient (Wildman–Crippen LogP) is 2.50. The number of aliphatic hydroxyl groups excluding tert-OH is 1. The first-order valence-electron chi connectivity index (χ1n) is 6.60. The minimum atomic E-state index is -0.472. The topological polar surface area (TPSA) is 71.5 Å². The molecule has 0 aliphatic heterocycles. The Morgan fingerprint density at radius 1 is 1.45 bits per heavy atom. The van der Waals surface area contributed by atoms with E-state index in [0.717, 1.165) is 5.56 Å². The van der Waals surface area contributed by atoms with Gasteiger partial charge in [-0.1, -0.05) is 18.2 Å². The van der Waals surface area contributed by atoms with Crippen molar-refractivity contribution in [1.29, 1.82) is 0 Å². The predicted molar refractivity (Wildman–Crippen MR) is 78.0 cm³/mol. The van der Waals surface area contributed by atoms with Crippen molar-refractivity contribution >= 4 is 12.2 Å². The SMILES string of the molecule is CC(C)(C)OC(=O)NCCC=Cc1ccc(CO)nc1. The van der Waals surface area contributed by atoms with Gasteiger partial charge in [-0.3, -0.25) is 4.98 Å². The Kier molecular flexibility index (Phi) is 6.18. The van der Waals surface area contributed by atoms with Crippen LogP contribution in [0.3, 0.4) is 0 Å². The van der Waals surface area contributed by atoms with Crippen molar-refractivity contribution in [2.75, 3.05) is 6.54 Å². The van der Waals surface area contributed by atoms with Crippen LogP contribution in [0.15, 0.2) is 24.4 Å². The van der Waals surface area contributed by atoms with Gasteiger partial charge in [0.25, 0.3) is 0 Å². The second-order valence-corrected chi connectivity index (χ2v) is 5.36. The summed E-state index contributed by atoms with van der Waals surface area (Å²) < 4.78 is 5.12. The zero-order chi connectivity index (χ0) is 15.0. The Bertz CT molecular complexity index is 447. The number of hydrogen-bond acceptors (Lipinski definition) is 4. The van der Waals surface area contributed by atoms with Crippen molar-refractivity contribution in [3.8, 4) is 0 Å². The lowest BCUT2D eigenvalue weighted by Crippen LogP contribution is -2.32. The zero-order valence-electron chi connectivity index (χ0n) is 12.2. The fourth-order valence-electron chi connectivity index (χ4n) is 1.42. The molecule has 0 saturated carbocycles. The van der Waals surface area contributed by atoms with Crippen LogP contribution in [0.25, 0.3) is 6.08 Å². The summed E-state index contributed by atoms with van der Waals surface area (Å²) >= 11 is 0. The van der Waals surface area contributed by atoms with E-state index in [1.165, 1.54) is 0 Å². The molecular weight excluding hydrogens is 256 g/mol. The smallest absolute Gasteiger partial charge is 0.407 e. The molecule has 1 heterocycles. The van der Waals surface area contributed by atoms with Crippen molar-refractivity contribution < 1.29 is 14.6 Å². The second-order valence-electron chi connectivity index (χ2n) is 5.36. The summed E-state index contributed by atoms with van der Waals surface area (Å²) in [5, 5.41) is 11.6. The van der Waals surface area contributed by atoms with E-state index in [-0.39, 0.29) is 6.61 Å². The van der Waals surface area contributed by atoms with Gasteiger partial charge in [-0.05, 0) is 38.8 Å². The largest absolute Gasteiger partial charge is 0.444 e. The van der Waals surface area contributed by atoms with Gasteiger partial charge in [0, 0.05) is 12.7 Å². The van der Waals surface area contributed by atoms with Gasteiger partial charge in [0.1, 0.15) is 5.60 Å². The molecule has 0 aliphatic carbocycles. The van der Waals surface area contributed by atoms with Crippen molar-refractivity contribution in [3.05, 3.63) is 35.7 Å². The minimum absolute atomic E-state index is 0.0518. The highest BCUT2D eigenvalue weighted by Crippen LogP contribution is 2.06. The molecule has 20 heavy (non-hydrogen) atoms. The molecule has 0 spiro atoms. The van der Waals surface area contributed by atoms with Crippen LogP contribution in [0, 0.1) is 0 Å². The Hall–Kier alpha value is -1.88. The highest BCUT2D eigenvalue weighted by atomic mass is 16.6. The Morgan fingerprint density at radius 2 is 2.20 bits per heavy atom. The Morgan fingerprint density at radius 3 is 2.75 bits per heavy atom. The maximum Gasteiger partial charge on any atom is 0.407 e. The quantitative estimate of drug-likeness (QED) is 0.812. The Labute approximate surface area is 119 Å². The highest BCUT2D eigenvalue weighted by molar-refractivity contribution is 5.67. The van der Waals surface area contributed by atoms with Crippen LogP contribution in [-0.4, -0.2) is 28.3 Å². The van der Waals surface area contributed by atoms with Gasteiger partial charge < -0.3 is 15.2 Å². The molecule has 1 amide bonds. The van der Waals surface area contributed by atoms with E-state index in [9.17, 15) is 4.79 Å². The highest BCUT2D eigenvalue weighted by Gasteiger charge is 2.14. The number of alkyl carbamates (subject to hydrolysis) is 1. The molecule has 1 rings (SSSR count). The molecule has 0 saturated heterocycles. The van der Waals surface area contributed by atoms with Crippen LogP contribution in [0.2, 0.25) is 0 Å². The average molecular weight is 278 g/mol. The number of aliphatic hydroxyl groups is 1. The molecular formula is C15H22N2O3. The van der Waals surface area contributed by atoms with E-state index in [4.69, 9.17) is 9.84 Å². The second kappa shape index (κ2) is 7.65. The number of ether oxygens (including phenoxy) is 1. The summed E-state index contributed by atoms with van der Waals surface area (Å²) in [6, 6.07) is 3.66. The number of rotatable bonds is 5. The van der Waals surface area contributed by atoms with Crippen LogP contribution in [-0.2, 0) is 11.3 Å². The minimum Gasteiger partial charge on any atom is -0.444 e. The standard InChI is InChI=1S/C15H22N2O3/c1-15(2,3)20-14(19)16-9-5-4-6-12-7-8-13(11-18)17-10-12/h4,6-8,10,18H,5,9,11H2,1-3H3,(H,16,19).